The van der Waals surface area contributed by atoms with Crippen molar-refractivity contribution >= 4 is 28.9 Å². The second kappa shape index (κ2) is 8.67. The van der Waals surface area contributed by atoms with E-state index in [2.05, 4.69) is 10.9 Å². The molecule has 0 bridgehead atoms. The number of hydrazine groups is 1. The van der Waals surface area contributed by atoms with Crippen LogP contribution in [0.15, 0.2) is 54.9 Å². The monoisotopic (exact) mass is 395 g/mol. The number of thiophene rings is 1. The lowest BCUT2D eigenvalue weighted by molar-refractivity contribution is -0.121. The molecule has 0 atom stereocenters. The Hall–Kier alpha value is -3.19. The highest BCUT2D eigenvalue weighted by atomic mass is 32.1. The molecule has 28 heavy (non-hydrogen) atoms. The van der Waals surface area contributed by atoms with Gasteiger partial charge in [-0.15, -0.1) is 11.3 Å². The molecule has 0 fully saturated rings. The van der Waals surface area contributed by atoms with Crippen LogP contribution in [0.25, 0.3) is 5.69 Å². The minimum absolute atomic E-state index is 0.00664. The molecule has 2 amide bonds. The summed E-state index contributed by atoms with van der Waals surface area (Å²) in [6.45, 7) is 3.84. The summed E-state index contributed by atoms with van der Waals surface area (Å²) in [6.07, 6.45) is 3.78. The van der Waals surface area contributed by atoms with Crippen molar-refractivity contribution in [2.45, 2.75) is 26.7 Å². The molecule has 2 heterocycles. The first kappa shape index (κ1) is 19.6. The molecule has 0 saturated heterocycles. The summed E-state index contributed by atoms with van der Waals surface area (Å²) >= 11 is 1.56. The number of rotatable bonds is 6. The fourth-order valence-corrected chi connectivity index (χ4v) is 3.85. The van der Waals surface area contributed by atoms with E-state index in [0.29, 0.717) is 16.8 Å². The molecule has 2 aromatic heterocycles. The van der Waals surface area contributed by atoms with E-state index in [1.165, 1.54) is 0 Å². The fourth-order valence-electron chi connectivity index (χ4n) is 2.91. The molecule has 0 aliphatic carbocycles. The van der Waals surface area contributed by atoms with Crippen LogP contribution in [-0.4, -0.2) is 22.2 Å². The summed E-state index contributed by atoms with van der Waals surface area (Å²) < 4.78 is 1.82. The first-order valence-electron chi connectivity index (χ1n) is 8.87. The summed E-state index contributed by atoms with van der Waals surface area (Å²) in [5.41, 5.74) is 6.60. The van der Waals surface area contributed by atoms with Crippen molar-refractivity contribution in [2.24, 2.45) is 0 Å². The SMILES string of the molecule is Cc1cc(C(=O)CCC(=O)NNC(=O)c2ccccc2-n2cccc2)c(C)s1. The van der Waals surface area contributed by atoms with Crippen LogP contribution in [0.4, 0.5) is 0 Å². The maximum absolute atomic E-state index is 12.5. The molecule has 0 saturated carbocycles. The van der Waals surface area contributed by atoms with E-state index in [0.717, 1.165) is 9.75 Å². The van der Waals surface area contributed by atoms with Crippen LogP contribution < -0.4 is 10.9 Å². The van der Waals surface area contributed by atoms with Gasteiger partial charge in [0.05, 0.1) is 11.3 Å². The third kappa shape index (κ3) is 4.55. The van der Waals surface area contributed by atoms with E-state index in [9.17, 15) is 14.4 Å². The molecule has 144 valence electrons. The highest BCUT2D eigenvalue weighted by Gasteiger charge is 2.15. The van der Waals surface area contributed by atoms with Crippen LogP contribution >= 0.6 is 11.3 Å². The van der Waals surface area contributed by atoms with Gasteiger partial charge < -0.3 is 4.57 Å². The van der Waals surface area contributed by atoms with Gasteiger partial charge >= 0.3 is 0 Å². The van der Waals surface area contributed by atoms with E-state index in [1.54, 1.807) is 23.5 Å². The Balaban J connectivity index is 1.55. The van der Waals surface area contributed by atoms with Crippen molar-refractivity contribution in [3.8, 4) is 5.69 Å². The maximum atomic E-state index is 12.5. The molecule has 0 aliphatic rings. The molecule has 3 rings (SSSR count). The number of aromatic nitrogens is 1. The highest BCUT2D eigenvalue weighted by molar-refractivity contribution is 7.12. The van der Waals surface area contributed by atoms with Gasteiger partial charge in [0.15, 0.2) is 5.78 Å². The minimum atomic E-state index is -0.423. The topological polar surface area (TPSA) is 80.2 Å². The van der Waals surface area contributed by atoms with Gasteiger partial charge in [0.1, 0.15) is 0 Å². The number of carbonyl (C=O) groups is 3. The average Bonchev–Trinajstić information content (AvgIpc) is 3.33. The zero-order valence-corrected chi connectivity index (χ0v) is 16.5. The van der Waals surface area contributed by atoms with Crippen LogP contribution in [0.2, 0.25) is 0 Å². The standard InChI is InChI=1S/C21H21N3O3S/c1-14-13-17(15(2)28-14)19(25)9-10-20(26)22-23-21(27)16-7-3-4-8-18(16)24-11-5-6-12-24/h3-8,11-13H,9-10H2,1-2H3,(H,22,26)(H,23,27). The number of nitrogens with one attached hydrogen (secondary N) is 2. The summed E-state index contributed by atoms with van der Waals surface area (Å²) in [5, 5.41) is 0. The molecule has 1 aromatic carbocycles. The van der Waals surface area contributed by atoms with E-state index in [4.69, 9.17) is 0 Å². The Morgan fingerprint density at radius 1 is 0.929 bits per heavy atom. The molecule has 0 aliphatic heterocycles. The molecular weight excluding hydrogens is 374 g/mol. The van der Waals surface area contributed by atoms with E-state index in [1.807, 2.05) is 61.1 Å². The molecule has 0 unspecified atom stereocenters. The molecule has 2 N–H and O–H groups in total. The van der Waals surface area contributed by atoms with Crippen LogP contribution in [0.3, 0.4) is 0 Å². The van der Waals surface area contributed by atoms with Gasteiger partial charge in [-0.2, -0.15) is 0 Å². The number of aryl methyl sites for hydroxylation is 2. The van der Waals surface area contributed by atoms with Gasteiger partial charge in [-0.25, -0.2) is 0 Å². The van der Waals surface area contributed by atoms with Gasteiger partial charge in [0.25, 0.3) is 5.91 Å². The van der Waals surface area contributed by atoms with Gasteiger partial charge in [-0.3, -0.25) is 25.2 Å². The van der Waals surface area contributed by atoms with Crippen LogP contribution in [0.1, 0.15) is 43.3 Å². The number of carbonyl (C=O) groups excluding carboxylic acids is 3. The quantitative estimate of drug-likeness (QED) is 0.494. The van der Waals surface area contributed by atoms with E-state index >= 15 is 0 Å². The fraction of sp³-hybridized carbons (Fsp3) is 0.190. The van der Waals surface area contributed by atoms with E-state index in [-0.39, 0.29) is 18.6 Å². The Morgan fingerprint density at radius 2 is 1.64 bits per heavy atom. The van der Waals surface area contributed by atoms with Crippen molar-refractivity contribution in [1.29, 1.82) is 0 Å². The lowest BCUT2D eigenvalue weighted by Crippen LogP contribution is -2.42. The van der Waals surface area contributed by atoms with Gasteiger partial charge in [-0.1, -0.05) is 12.1 Å². The number of nitrogens with zero attached hydrogens (tertiary/aromatic N) is 1. The van der Waals surface area contributed by atoms with Gasteiger partial charge in [0.2, 0.25) is 5.91 Å². The third-order valence-electron chi connectivity index (χ3n) is 4.27. The smallest absolute Gasteiger partial charge is 0.271 e. The predicted molar refractivity (Wildman–Crippen MR) is 109 cm³/mol. The lowest BCUT2D eigenvalue weighted by Gasteiger charge is -2.11. The Labute approximate surface area is 167 Å². The number of ketones is 1. The first-order chi connectivity index (χ1) is 13.5. The number of amides is 2. The minimum Gasteiger partial charge on any atom is -0.323 e. The van der Waals surface area contributed by atoms with Gasteiger partial charge in [0, 0.05) is 40.6 Å². The Morgan fingerprint density at radius 3 is 2.32 bits per heavy atom. The molecule has 7 heteroatoms. The molecule has 6 nitrogen and oxygen atoms in total. The van der Waals surface area contributed by atoms with Crippen molar-refractivity contribution < 1.29 is 14.4 Å². The lowest BCUT2D eigenvalue weighted by atomic mass is 10.1. The molecule has 3 aromatic rings. The Kier molecular flexibility index (Phi) is 6.06. The largest absolute Gasteiger partial charge is 0.323 e. The number of hydrogen-bond donors (Lipinski definition) is 2. The second-order valence-corrected chi connectivity index (χ2v) is 7.82. The van der Waals surface area contributed by atoms with Crippen molar-refractivity contribution in [2.75, 3.05) is 0 Å². The van der Waals surface area contributed by atoms with Crippen molar-refractivity contribution in [3.05, 3.63) is 75.7 Å². The number of Topliss-reactive ketones (excluding diaryl/α,β-unsaturated/α-hetero) is 1. The summed E-state index contributed by atoms with van der Waals surface area (Å²) in [5.74, 6) is -0.903. The van der Waals surface area contributed by atoms with Crippen LogP contribution in [0, 0.1) is 13.8 Å². The molecule has 0 radical (unpaired) electrons. The Bertz CT molecular complexity index is 1010. The number of para-hydroxylation sites is 1. The average molecular weight is 395 g/mol. The van der Waals surface area contributed by atoms with Crippen molar-refractivity contribution in [1.82, 2.24) is 15.4 Å². The number of hydrogen-bond acceptors (Lipinski definition) is 4. The van der Waals surface area contributed by atoms with E-state index < -0.39 is 11.8 Å². The highest BCUT2D eigenvalue weighted by Crippen LogP contribution is 2.22. The second-order valence-electron chi connectivity index (χ2n) is 6.36. The molecule has 0 spiro atoms. The maximum Gasteiger partial charge on any atom is 0.271 e. The zero-order valence-electron chi connectivity index (χ0n) is 15.7. The van der Waals surface area contributed by atoms with Crippen LogP contribution in [-0.2, 0) is 4.79 Å². The predicted octanol–water partition coefficient (Wildman–Crippen LogP) is 3.58. The van der Waals surface area contributed by atoms with Gasteiger partial charge in [-0.05, 0) is 44.2 Å². The van der Waals surface area contributed by atoms with Crippen molar-refractivity contribution in [3.63, 3.8) is 0 Å². The summed E-state index contributed by atoms with van der Waals surface area (Å²) in [4.78, 5) is 38.8. The summed E-state index contributed by atoms with van der Waals surface area (Å²) in [6, 6.07) is 12.7. The third-order valence-corrected chi connectivity index (χ3v) is 5.23. The summed E-state index contributed by atoms with van der Waals surface area (Å²) in [7, 11) is 0. The first-order valence-corrected chi connectivity index (χ1v) is 9.69. The molecular formula is C21H21N3O3S. The zero-order chi connectivity index (χ0) is 20.1. The normalized spacial score (nSPS) is 10.5. The number of benzene rings is 1. The van der Waals surface area contributed by atoms with Crippen LogP contribution in [0.5, 0.6) is 0 Å².